The van der Waals surface area contributed by atoms with E-state index in [9.17, 15) is 9.59 Å². The van der Waals surface area contributed by atoms with Crippen LogP contribution in [0, 0.1) is 0 Å². The first kappa shape index (κ1) is 15.7. The molecule has 1 aromatic carbocycles. The Labute approximate surface area is 126 Å². The molecule has 0 saturated carbocycles. The van der Waals surface area contributed by atoms with Crippen LogP contribution in [-0.4, -0.2) is 28.8 Å². The minimum absolute atomic E-state index is 0.0106. The second-order valence-electron chi connectivity index (χ2n) is 7.17. The van der Waals surface area contributed by atoms with E-state index in [1.54, 1.807) is 24.3 Å². The fourth-order valence-corrected chi connectivity index (χ4v) is 3.40. The van der Waals surface area contributed by atoms with E-state index in [4.69, 9.17) is 0 Å². The van der Waals surface area contributed by atoms with Crippen LogP contribution in [0.5, 0.6) is 0 Å². The van der Waals surface area contributed by atoms with Crippen molar-refractivity contribution in [2.45, 2.75) is 57.7 Å². The van der Waals surface area contributed by atoms with E-state index in [2.05, 4.69) is 38.3 Å². The van der Waals surface area contributed by atoms with Crippen LogP contribution in [0.15, 0.2) is 30.3 Å². The van der Waals surface area contributed by atoms with Crippen LogP contribution in [0.25, 0.3) is 0 Å². The molecule has 0 unspecified atom stereocenters. The number of hydrogen-bond acceptors (Lipinski definition) is 3. The Bertz CT molecular complexity index is 519. The molecule has 1 fully saturated rings. The van der Waals surface area contributed by atoms with Gasteiger partial charge in [0.15, 0.2) is 0 Å². The maximum absolute atomic E-state index is 12.2. The minimum atomic E-state index is -0.514. The van der Waals surface area contributed by atoms with E-state index in [0.717, 1.165) is 12.8 Å². The number of nitrogens with one attached hydrogen (secondary N) is 2. The molecule has 0 aliphatic carbocycles. The normalized spacial score (nSPS) is 20.8. The number of rotatable bonds is 3. The lowest BCUT2D eigenvalue weighted by Crippen LogP contribution is -2.62. The molecule has 114 valence electrons. The van der Waals surface area contributed by atoms with Crippen LogP contribution in [0.3, 0.4) is 0 Å². The molecule has 1 aromatic rings. The van der Waals surface area contributed by atoms with Crippen LogP contribution in [0.4, 0.5) is 0 Å². The van der Waals surface area contributed by atoms with Crippen molar-refractivity contribution in [1.82, 2.24) is 10.6 Å². The lowest BCUT2D eigenvalue weighted by Gasteiger charge is -2.46. The zero-order valence-electron chi connectivity index (χ0n) is 13.2. The van der Waals surface area contributed by atoms with Gasteiger partial charge in [-0.25, -0.2) is 0 Å². The number of benzene rings is 1. The molecule has 1 amide bonds. The smallest absolute Gasteiger partial charge is 0.292 e. The van der Waals surface area contributed by atoms with E-state index in [1.165, 1.54) is 0 Å². The Morgan fingerprint density at radius 1 is 1.05 bits per heavy atom. The molecule has 1 aliphatic heterocycles. The third-order valence-electron chi connectivity index (χ3n) is 3.77. The maximum Gasteiger partial charge on any atom is 0.292 e. The van der Waals surface area contributed by atoms with Crippen molar-refractivity contribution in [2.24, 2.45) is 0 Å². The van der Waals surface area contributed by atoms with E-state index in [1.807, 2.05) is 6.07 Å². The molecule has 0 bridgehead atoms. The number of piperidine rings is 1. The molecule has 4 heteroatoms. The van der Waals surface area contributed by atoms with Crippen LogP contribution in [0.2, 0.25) is 0 Å². The highest BCUT2D eigenvalue weighted by Gasteiger charge is 2.38. The number of carbonyl (C=O) groups excluding carboxylic acids is 2. The summed E-state index contributed by atoms with van der Waals surface area (Å²) in [5, 5.41) is 6.46. The monoisotopic (exact) mass is 288 g/mol. The summed E-state index contributed by atoms with van der Waals surface area (Å²) in [6.07, 6.45) is 1.62. The number of Topliss-reactive ketones (excluding diaryl/α,β-unsaturated/α-hetero) is 1. The SMILES string of the molecule is CC1(C)CC(NC(=O)C(=O)c2ccccc2)CC(C)(C)N1. The van der Waals surface area contributed by atoms with Crippen molar-refractivity contribution in [3.8, 4) is 0 Å². The van der Waals surface area contributed by atoms with E-state index in [0.29, 0.717) is 5.56 Å². The van der Waals surface area contributed by atoms with Gasteiger partial charge in [0.05, 0.1) is 0 Å². The standard InChI is InChI=1S/C17H24N2O2/c1-16(2)10-13(11-17(3,4)19-16)18-15(21)14(20)12-8-6-5-7-9-12/h5-9,13,19H,10-11H2,1-4H3,(H,18,21). The molecule has 2 rings (SSSR count). The summed E-state index contributed by atoms with van der Waals surface area (Å²) in [7, 11) is 0. The first-order valence-corrected chi connectivity index (χ1v) is 7.38. The van der Waals surface area contributed by atoms with Crippen LogP contribution >= 0.6 is 0 Å². The van der Waals surface area contributed by atoms with Crippen LogP contribution in [0.1, 0.15) is 50.9 Å². The lowest BCUT2D eigenvalue weighted by molar-refractivity contribution is -0.118. The predicted molar refractivity (Wildman–Crippen MR) is 83.2 cm³/mol. The second-order valence-corrected chi connectivity index (χ2v) is 7.17. The summed E-state index contributed by atoms with van der Waals surface area (Å²) < 4.78 is 0. The maximum atomic E-state index is 12.2. The summed E-state index contributed by atoms with van der Waals surface area (Å²) in [6, 6.07) is 8.69. The zero-order chi connectivity index (χ0) is 15.7. The average molecular weight is 288 g/mol. The Balaban J connectivity index is 2.04. The van der Waals surface area contributed by atoms with Crippen molar-refractivity contribution in [1.29, 1.82) is 0 Å². The van der Waals surface area contributed by atoms with Crippen molar-refractivity contribution in [3.63, 3.8) is 0 Å². The van der Waals surface area contributed by atoms with Gasteiger partial charge in [0.2, 0.25) is 5.78 Å². The molecule has 0 radical (unpaired) electrons. The third-order valence-corrected chi connectivity index (χ3v) is 3.77. The summed E-state index contributed by atoms with van der Waals surface area (Å²) in [6.45, 7) is 8.47. The summed E-state index contributed by atoms with van der Waals surface area (Å²) in [4.78, 5) is 24.3. The van der Waals surface area contributed by atoms with Gasteiger partial charge in [-0.05, 0) is 40.5 Å². The van der Waals surface area contributed by atoms with Crippen molar-refractivity contribution in [3.05, 3.63) is 35.9 Å². The fourth-order valence-electron chi connectivity index (χ4n) is 3.40. The Morgan fingerprint density at radius 3 is 2.10 bits per heavy atom. The van der Waals surface area contributed by atoms with Gasteiger partial charge >= 0.3 is 0 Å². The molecular weight excluding hydrogens is 264 g/mol. The van der Waals surface area contributed by atoms with Crippen LogP contribution < -0.4 is 10.6 Å². The first-order valence-electron chi connectivity index (χ1n) is 7.38. The highest BCUT2D eigenvalue weighted by Crippen LogP contribution is 2.28. The first-order chi connectivity index (χ1) is 9.69. The lowest BCUT2D eigenvalue weighted by atomic mass is 9.79. The van der Waals surface area contributed by atoms with Crippen LogP contribution in [-0.2, 0) is 4.79 Å². The molecule has 0 atom stereocenters. The summed E-state index contributed by atoms with van der Waals surface area (Å²) >= 11 is 0. The average Bonchev–Trinajstić information content (AvgIpc) is 2.35. The molecule has 21 heavy (non-hydrogen) atoms. The minimum Gasteiger partial charge on any atom is -0.346 e. The topological polar surface area (TPSA) is 58.2 Å². The number of ketones is 1. The quantitative estimate of drug-likeness (QED) is 0.663. The van der Waals surface area contributed by atoms with Gasteiger partial charge in [0.25, 0.3) is 5.91 Å². The molecule has 0 spiro atoms. The predicted octanol–water partition coefficient (Wildman–Crippen LogP) is 2.29. The van der Waals surface area contributed by atoms with Crippen molar-refractivity contribution in [2.75, 3.05) is 0 Å². The number of hydrogen-bond donors (Lipinski definition) is 2. The summed E-state index contributed by atoms with van der Waals surface area (Å²) in [5.41, 5.74) is 0.313. The summed E-state index contributed by atoms with van der Waals surface area (Å²) in [5.74, 6) is -0.982. The molecule has 1 heterocycles. The van der Waals surface area contributed by atoms with Crippen molar-refractivity contribution < 1.29 is 9.59 Å². The number of amides is 1. The number of carbonyl (C=O) groups is 2. The Morgan fingerprint density at radius 2 is 1.57 bits per heavy atom. The van der Waals surface area contributed by atoms with E-state index >= 15 is 0 Å². The molecule has 2 N–H and O–H groups in total. The van der Waals surface area contributed by atoms with Crippen molar-refractivity contribution >= 4 is 11.7 Å². The molecule has 1 aliphatic rings. The molecule has 4 nitrogen and oxygen atoms in total. The Hall–Kier alpha value is -1.68. The molecular formula is C17H24N2O2. The second kappa shape index (κ2) is 5.60. The van der Waals surface area contributed by atoms with E-state index < -0.39 is 11.7 Å². The highest BCUT2D eigenvalue weighted by molar-refractivity contribution is 6.42. The zero-order valence-corrected chi connectivity index (χ0v) is 13.2. The molecule has 1 saturated heterocycles. The van der Waals surface area contributed by atoms with Gasteiger partial charge in [0.1, 0.15) is 0 Å². The van der Waals surface area contributed by atoms with Gasteiger partial charge < -0.3 is 10.6 Å². The highest BCUT2D eigenvalue weighted by atomic mass is 16.2. The largest absolute Gasteiger partial charge is 0.346 e. The fraction of sp³-hybridized carbons (Fsp3) is 0.529. The molecule has 0 aromatic heterocycles. The van der Waals surface area contributed by atoms with E-state index in [-0.39, 0.29) is 17.1 Å². The van der Waals surface area contributed by atoms with Gasteiger partial charge in [-0.15, -0.1) is 0 Å². The van der Waals surface area contributed by atoms with Gasteiger partial charge in [-0.3, -0.25) is 9.59 Å². The van der Waals surface area contributed by atoms with Gasteiger partial charge in [-0.2, -0.15) is 0 Å². The Kier molecular flexibility index (Phi) is 4.19. The van der Waals surface area contributed by atoms with Gasteiger partial charge in [0, 0.05) is 22.7 Å². The third kappa shape index (κ3) is 4.14. The van der Waals surface area contributed by atoms with Gasteiger partial charge in [-0.1, -0.05) is 30.3 Å².